The van der Waals surface area contributed by atoms with Gasteiger partial charge in [-0.15, -0.1) is 0 Å². The van der Waals surface area contributed by atoms with Crippen molar-refractivity contribution in [3.05, 3.63) is 34.9 Å². The van der Waals surface area contributed by atoms with Crippen LogP contribution in [-0.2, 0) is 4.74 Å². The molecular weight excluding hydrogens is 260 g/mol. The van der Waals surface area contributed by atoms with Crippen LogP contribution in [0.15, 0.2) is 18.2 Å². The van der Waals surface area contributed by atoms with E-state index in [-0.39, 0.29) is 0 Å². The Labute approximate surface area is 129 Å². The average Bonchev–Trinajstić information content (AvgIpc) is 2.98. The van der Waals surface area contributed by atoms with Gasteiger partial charge in [-0.2, -0.15) is 0 Å². The molecule has 3 heteroatoms. The Morgan fingerprint density at radius 2 is 2.19 bits per heavy atom. The van der Waals surface area contributed by atoms with Gasteiger partial charge >= 0.3 is 0 Å². The van der Waals surface area contributed by atoms with Gasteiger partial charge in [0.15, 0.2) is 0 Å². The van der Waals surface area contributed by atoms with Gasteiger partial charge < -0.3 is 10.1 Å². The summed E-state index contributed by atoms with van der Waals surface area (Å²) in [6.45, 7) is 10.5. The number of rotatable bonds is 7. The van der Waals surface area contributed by atoms with Gasteiger partial charge in [0.05, 0.1) is 6.61 Å². The summed E-state index contributed by atoms with van der Waals surface area (Å²) in [4.78, 5) is 2.46. The zero-order chi connectivity index (χ0) is 15.2. The fourth-order valence-corrected chi connectivity index (χ4v) is 3.11. The second-order valence-electron chi connectivity index (χ2n) is 6.32. The maximum absolute atomic E-state index is 5.52. The van der Waals surface area contributed by atoms with Crippen LogP contribution in [0.2, 0.25) is 0 Å². The number of ether oxygens (including phenoxy) is 1. The van der Waals surface area contributed by atoms with Crippen LogP contribution in [0, 0.1) is 13.8 Å². The van der Waals surface area contributed by atoms with Crippen molar-refractivity contribution in [3.8, 4) is 0 Å². The molecule has 2 unspecified atom stereocenters. The number of likely N-dealkylation sites (N-methyl/N-ethyl adjacent to an activating group) is 1. The van der Waals surface area contributed by atoms with E-state index in [2.05, 4.69) is 56.2 Å². The topological polar surface area (TPSA) is 24.5 Å². The highest BCUT2D eigenvalue weighted by Gasteiger charge is 2.23. The Morgan fingerprint density at radius 1 is 1.38 bits per heavy atom. The van der Waals surface area contributed by atoms with E-state index in [9.17, 15) is 0 Å². The first kappa shape index (κ1) is 16.5. The summed E-state index contributed by atoms with van der Waals surface area (Å²) in [5, 5.41) is 3.72. The molecule has 1 aromatic carbocycles. The molecular formula is C18H30N2O. The summed E-state index contributed by atoms with van der Waals surface area (Å²) in [6.07, 6.45) is 2.32. The van der Waals surface area contributed by atoms with E-state index in [1.165, 1.54) is 16.7 Å². The fraction of sp³-hybridized carbons (Fsp3) is 0.667. The number of aryl methyl sites for hydroxylation is 2. The van der Waals surface area contributed by atoms with Crippen LogP contribution in [0.5, 0.6) is 0 Å². The SMILES string of the molecule is CCCNC(CN(C)C1CCOC1)c1ccc(C)cc1C. The lowest BCUT2D eigenvalue weighted by Crippen LogP contribution is -2.39. The van der Waals surface area contributed by atoms with Crippen LogP contribution in [-0.4, -0.2) is 44.3 Å². The van der Waals surface area contributed by atoms with Gasteiger partial charge in [0.1, 0.15) is 0 Å². The Hall–Kier alpha value is -0.900. The van der Waals surface area contributed by atoms with Gasteiger partial charge in [0, 0.05) is 25.2 Å². The van der Waals surface area contributed by atoms with E-state index in [4.69, 9.17) is 4.74 Å². The Kier molecular flexibility index (Phi) is 6.22. The van der Waals surface area contributed by atoms with Gasteiger partial charge in [-0.25, -0.2) is 0 Å². The number of hydrogen-bond acceptors (Lipinski definition) is 3. The van der Waals surface area contributed by atoms with Crippen LogP contribution >= 0.6 is 0 Å². The minimum Gasteiger partial charge on any atom is -0.380 e. The van der Waals surface area contributed by atoms with E-state index in [0.29, 0.717) is 12.1 Å². The summed E-state index contributed by atoms with van der Waals surface area (Å²) in [5.41, 5.74) is 4.16. The number of hydrogen-bond donors (Lipinski definition) is 1. The molecule has 1 aliphatic rings. The molecule has 1 aromatic rings. The highest BCUT2D eigenvalue weighted by atomic mass is 16.5. The Morgan fingerprint density at radius 3 is 2.81 bits per heavy atom. The van der Waals surface area contributed by atoms with Crippen LogP contribution in [0.3, 0.4) is 0 Å². The van der Waals surface area contributed by atoms with Gasteiger partial charge in [-0.05, 0) is 51.4 Å². The van der Waals surface area contributed by atoms with E-state index < -0.39 is 0 Å². The Balaban J connectivity index is 2.09. The molecule has 2 atom stereocenters. The third-order valence-corrected chi connectivity index (χ3v) is 4.44. The van der Waals surface area contributed by atoms with Gasteiger partial charge in [-0.3, -0.25) is 4.90 Å². The predicted molar refractivity (Wildman–Crippen MR) is 88.8 cm³/mol. The molecule has 2 rings (SSSR count). The van der Waals surface area contributed by atoms with Crippen molar-refractivity contribution in [2.75, 3.05) is 33.4 Å². The van der Waals surface area contributed by atoms with Crippen LogP contribution in [0.4, 0.5) is 0 Å². The highest BCUT2D eigenvalue weighted by Crippen LogP contribution is 2.22. The lowest BCUT2D eigenvalue weighted by molar-refractivity contribution is 0.153. The molecule has 1 saturated heterocycles. The van der Waals surface area contributed by atoms with Gasteiger partial charge in [-0.1, -0.05) is 30.7 Å². The predicted octanol–water partition coefficient (Wildman–Crippen LogP) is 3.06. The molecule has 21 heavy (non-hydrogen) atoms. The normalized spacial score (nSPS) is 20.1. The molecule has 0 amide bonds. The van der Waals surface area contributed by atoms with Gasteiger partial charge in [0.2, 0.25) is 0 Å². The van der Waals surface area contributed by atoms with Crippen LogP contribution in [0.1, 0.15) is 42.5 Å². The average molecular weight is 290 g/mol. The minimum atomic E-state index is 0.399. The second kappa shape index (κ2) is 7.92. The maximum atomic E-state index is 5.52. The minimum absolute atomic E-state index is 0.399. The van der Waals surface area contributed by atoms with Crippen molar-refractivity contribution in [1.29, 1.82) is 0 Å². The van der Waals surface area contributed by atoms with E-state index >= 15 is 0 Å². The summed E-state index contributed by atoms with van der Waals surface area (Å²) in [6, 6.07) is 7.77. The summed E-state index contributed by atoms with van der Waals surface area (Å²) in [5.74, 6) is 0. The molecule has 1 aliphatic heterocycles. The van der Waals surface area contributed by atoms with E-state index in [0.717, 1.165) is 39.1 Å². The smallest absolute Gasteiger partial charge is 0.0622 e. The molecule has 0 bridgehead atoms. The zero-order valence-electron chi connectivity index (χ0n) is 14.0. The van der Waals surface area contributed by atoms with Gasteiger partial charge in [0.25, 0.3) is 0 Å². The lowest BCUT2D eigenvalue weighted by atomic mass is 9.98. The van der Waals surface area contributed by atoms with Crippen molar-refractivity contribution in [2.45, 2.75) is 45.7 Å². The van der Waals surface area contributed by atoms with Crippen molar-refractivity contribution in [3.63, 3.8) is 0 Å². The first-order valence-electron chi connectivity index (χ1n) is 8.20. The van der Waals surface area contributed by atoms with Crippen molar-refractivity contribution >= 4 is 0 Å². The summed E-state index contributed by atoms with van der Waals surface area (Å²) < 4.78 is 5.52. The number of nitrogens with zero attached hydrogens (tertiary/aromatic N) is 1. The molecule has 1 fully saturated rings. The largest absolute Gasteiger partial charge is 0.380 e. The quantitative estimate of drug-likeness (QED) is 0.835. The molecule has 1 N–H and O–H groups in total. The molecule has 0 radical (unpaired) electrons. The van der Waals surface area contributed by atoms with Crippen molar-refractivity contribution in [1.82, 2.24) is 10.2 Å². The van der Waals surface area contributed by atoms with Crippen molar-refractivity contribution in [2.24, 2.45) is 0 Å². The summed E-state index contributed by atoms with van der Waals surface area (Å²) in [7, 11) is 2.23. The fourth-order valence-electron chi connectivity index (χ4n) is 3.11. The first-order valence-corrected chi connectivity index (χ1v) is 8.20. The van der Waals surface area contributed by atoms with E-state index in [1.807, 2.05) is 0 Å². The molecule has 1 heterocycles. The number of nitrogens with one attached hydrogen (secondary N) is 1. The van der Waals surface area contributed by atoms with Crippen LogP contribution < -0.4 is 5.32 Å². The number of benzene rings is 1. The lowest BCUT2D eigenvalue weighted by Gasteiger charge is -2.30. The third kappa shape index (κ3) is 4.53. The molecule has 0 aliphatic carbocycles. The van der Waals surface area contributed by atoms with E-state index in [1.54, 1.807) is 0 Å². The monoisotopic (exact) mass is 290 g/mol. The first-order chi connectivity index (χ1) is 10.1. The molecule has 3 nitrogen and oxygen atoms in total. The standard InChI is InChI=1S/C18H30N2O/c1-5-9-19-18(12-20(4)16-8-10-21-13-16)17-7-6-14(2)11-15(17)3/h6-7,11,16,18-19H,5,8-10,12-13H2,1-4H3. The Bertz CT molecular complexity index is 441. The zero-order valence-corrected chi connectivity index (χ0v) is 14.0. The maximum Gasteiger partial charge on any atom is 0.0622 e. The molecule has 0 spiro atoms. The third-order valence-electron chi connectivity index (χ3n) is 4.44. The molecule has 0 aromatic heterocycles. The van der Waals surface area contributed by atoms with Crippen molar-refractivity contribution < 1.29 is 4.74 Å². The highest BCUT2D eigenvalue weighted by molar-refractivity contribution is 5.33. The molecule has 118 valence electrons. The molecule has 0 saturated carbocycles. The van der Waals surface area contributed by atoms with Crippen LogP contribution in [0.25, 0.3) is 0 Å². The summed E-state index contributed by atoms with van der Waals surface area (Å²) >= 11 is 0. The second-order valence-corrected chi connectivity index (χ2v) is 6.32.